The van der Waals surface area contributed by atoms with Crippen LogP contribution in [0.5, 0.6) is 0 Å². The van der Waals surface area contributed by atoms with Crippen molar-refractivity contribution in [3.63, 3.8) is 0 Å². The average molecular weight is 407 g/mol. The fraction of sp³-hybridized carbons (Fsp3) is 0.421. The second-order valence-electron chi connectivity index (χ2n) is 6.69. The highest BCUT2D eigenvalue weighted by molar-refractivity contribution is 7.10. The van der Waals surface area contributed by atoms with Gasteiger partial charge >= 0.3 is 0 Å². The molecule has 3 heterocycles. The predicted octanol–water partition coefficient (Wildman–Crippen LogP) is 0.629. The number of rotatable bonds is 2. The fourth-order valence-electron chi connectivity index (χ4n) is 3.85. The summed E-state index contributed by atoms with van der Waals surface area (Å²) in [5.41, 5.74) is 2.88. The first-order valence-electron chi connectivity index (χ1n) is 8.34. The molecule has 3 nitrogen and oxygen atoms in total. The minimum absolute atomic E-state index is 0. The quantitative estimate of drug-likeness (QED) is 0.740. The van der Waals surface area contributed by atoms with E-state index in [1.54, 1.807) is 11.3 Å². The van der Waals surface area contributed by atoms with Crippen LogP contribution in [0, 0.1) is 13.8 Å². The van der Waals surface area contributed by atoms with Crippen molar-refractivity contribution in [2.45, 2.75) is 38.8 Å². The Kier molecular flexibility index (Phi) is 4.87. The van der Waals surface area contributed by atoms with E-state index in [1.807, 2.05) is 6.07 Å². The second-order valence-corrected chi connectivity index (χ2v) is 7.64. The summed E-state index contributed by atoms with van der Waals surface area (Å²) in [6, 6.07) is 10.7. The highest BCUT2D eigenvalue weighted by atomic mass is 79.9. The third-order valence-electron chi connectivity index (χ3n) is 5.05. The van der Waals surface area contributed by atoms with Gasteiger partial charge in [0.2, 0.25) is 0 Å². The lowest BCUT2D eigenvalue weighted by molar-refractivity contribution is -0.660. The van der Waals surface area contributed by atoms with Crippen molar-refractivity contribution in [2.24, 2.45) is 0 Å². The molecule has 0 saturated carbocycles. The van der Waals surface area contributed by atoms with E-state index in [0.717, 1.165) is 24.3 Å². The summed E-state index contributed by atoms with van der Waals surface area (Å²) in [5.74, 6) is 1.28. The van der Waals surface area contributed by atoms with Crippen LogP contribution < -0.4 is 21.9 Å². The Morgan fingerprint density at radius 1 is 1.21 bits per heavy atom. The zero-order valence-electron chi connectivity index (χ0n) is 14.1. The van der Waals surface area contributed by atoms with Crippen LogP contribution in [0.15, 0.2) is 35.7 Å². The third kappa shape index (κ3) is 2.72. The molecule has 0 amide bonds. The molecule has 1 aromatic heterocycles. The maximum Gasteiger partial charge on any atom is 0.280 e. The van der Waals surface area contributed by atoms with E-state index >= 15 is 0 Å². The number of amidine groups is 1. The SMILES string of the molecule is Cc1ccc(C)c(N2CC(O)(c3cccs3)[N+]3=C2CCCC3)c1.[Br-]. The van der Waals surface area contributed by atoms with Gasteiger partial charge in [0, 0.05) is 6.42 Å². The lowest BCUT2D eigenvalue weighted by atomic mass is 10.1. The second kappa shape index (κ2) is 6.62. The Morgan fingerprint density at radius 3 is 2.79 bits per heavy atom. The Labute approximate surface area is 158 Å². The van der Waals surface area contributed by atoms with Gasteiger partial charge in [-0.3, -0.25) is 0 Å². The molecule has 4 rings (SSSR count). The van der Waals surface area contributed by atoms with Crippen LogP contribution in [0.3, 0.4) is 0 Å². The molecule has 1 aromatic carbocycles. The van der Waals surface area contributed by atoms with E-state index in [9.17, 15) is 5.11 Å². The van der Waals surface area contributed by atoms with E-state index in [0.29, 0.717) is 6.54 Å². The van der Waals surface area contributed by atoms with Crippen LogP contribution in [0.1, 0.15) is 35.3 Å². The summed E-state index contributed by atoms with van der Waals surface area (Å²) in [4.78, 5) is 3.39. The summed E-state index contributed by atoms with van der Waals surface area (Å²) >= 11 is 1.65. The van der Waals surface area contributed by atoms with E-state index < -0.39 is 5.72 Å². The molecule has 24 heavy (non-hydrogen) atoms. The highest BCUT2D eigenvalue weighted by Crippen LogP contribution is 2.38. The molecule has 0 bridgehead atoms. The van der Waals surface area contributed by atoms with Gasteiger partial charge in [0.25, 0.3) is 11.6 Å². The summed E-state index contributed by atoms with van der Waals surface area (Å²) in [6.45, 7) is 5.84. The van der Waals surface area contributed by atoms with Gasteiger partial charge < -0.3 is 22.1 Å². The molecule has 5 heteroatoms. The predicted molar refractivity (Wildman–Crippen MR) is 95.5 cm³/mol. The maximum absolute atomic E-state index is 11.5. The van der Waals surface area contributed by atoms with Gasteiger partial charge in [0.15, 0.2) is 6.54 Å². The lowest BCUT2D eigenvalue weighted by Gasteiger charge is -2.22. The molecule has 1 atom stereocenters. The monoisotopic (exact) mass is 406 g/mol. The summed E-state index contributed by atoms with van der Waals surface area (Å²) in [5, 5.41) is 13.6. The molecule has 2 aliphatic rings. The molecule has 0 spiro atoms. The van der Waals surface area contributed by atoms with Crippen molar-refractivity contribution in [2.75, 3.05) is 18.0 Å². The Morgan fingerprint density at radius 2 is 2.04 bits per heavy atom. The van der Waals surface area contributed by atoms with Crippen LogP contribution in [-0.2, 0) is 5.72 Å². The van der Waals surface area contributed by atoms with E-state index in [-0.39, 0.29) is 17.0 Å². The Balaban J connectivity index is 0.00000169. The van der Waals surface area contributed by atoms with Crippen molar-refractivity contribution in [3.05, 3.63) is 51.7 Å². The van der Waals surface area contributed by atoms with Gasteiger partial charge in [-0.2, -0.15) is 0 Å². The van der Waals surface area contributed by atoms with Crippen LogP contribution in [0.25, 0.3) is 0 Å². The number of anilines is 1. The molecule has 0 aliphatic carbocycles. The summed E-state index contributed by atoms with van der Waals surface area (Å²) in [7, 11) is 0. The summed E-state index contributed by atoms with van der Waals surface area (Å²) in [6.07, 6.45) is 3.40. The molecule has 2 aromatic rings. The molecule has 0 radical (unpaired) electrons. The number of aliphatic hydroxyl groups is 1. The van der Waals surface area contributed by atoms with Gasteiger partial charge in [-0.15, -0.1) is 11.3 Å². The minimum atomic E-state index is -0.889. The first-order valence-corrected chi connectivity index (χ1v) is 9.22. The lowest BCUT2D eigenvalue weighted by Crippen LogP contribution is -3.00. The number of benzene rings is 1. The van der Waals surface area contributed by atoms with Gasteiger partial charge in [0.1, 0.15) is 5.69 Å². The van der Waals surface area contributed by atoms with E-state index in [1.165, 1.54) is 29.1 Å². The van der Waals surface area contributed by atoms with Gasteiger partial charge in [-0.05, 0) is 55.3 Å². The van der Waals surface area contributed by atoms with Crippen LogP contribution >= 0.6 is 11.3 Å². The van der Waals surface area contributed by atoms with E-state index in [4.69, 9.17) is 0 Å². The normalized spacial score (nSPS) is 23.2. The van der Waals surface area contributed by atoms with Crippen molar-refractivity contribution in [3.8, 4) is 0 Å². The highest BCUT2D eigenvalue weighted by Gasteiger charge is 2.53. The Hall–Kier alpha value is -1.17. The first-order chi connectivity index (χ1) is 11.1. The maximum atomic E-state index is 11.5. The summed E-state index contributed by atoms with van der Waals surface area (Å²) < 4.78 is 2.24. The van der Waals surface area contributed by atoms with E-state index in [2.05, 4.69) is 53.0 Å². The van der Waals surface area contributed by atoms with Crippen LogP contribution in [0.2, 0.25) is 0 Å². The van der Waals surface area contributed by atoms with Gasteiger partial charge in [-0.25, -0.2) is 9.48 Å². The molecule has 0 fully saturated rings. The standard InChI is InChI=1S/C19H23N2OS.BrH/c1-14-8-9-15(2)16(12-14)20-13-19(22,17-6-5-11-23-17)21-10-4-3-7-18(20)21;/h5-6,8-9,11-12,22H,3-4,7,10,13H2,1-2H3;1H/q+1;/p-1. The topological polar surface area (TPSA) is 26.5 Å². The molecule has 1 unspecified atom stereocenters. The third-order valence-corrected chi connectivity index (χ3v) is 6.06. The van der Waals surface area contributed by atoms with Gasteiger partial charge in [0.05, 0.1) is 11.4 Å². The zero-order chi connectivity index (χ0) is 16.0. The number of hydrogen-bond acceptors (Lipinski definition) is 3. The average Bonchev–Trinajstić information content (AvgIpc) is 3.18. The molecule has 1 N–H and O–H groups in total. The number of aryl methyl sites for hydroxylation is 2. The first kappa shape index (κ1) is 17.6. The fourth-order valence-corrected chi connectivity index (χ4v) is 4.67. The van der Waals surface area contributed by atoms with Crippen molar-refractivity contribution >= 4 is 22.9 Å². The molecular formula is C19H23BrN2OS. The largest absolute Gasteiger partial charge is 1.00 e. The van der Waals surface area contributed by atoms with Crippen molar-refractivity contribution in [1.29, 1.82) is 0 Å². The smallest absolute Gasteiger partial charge is 0.280 e. The number of thiophene rings is 1. The Bertz CT molecular complexity index is 772. The minimum Gasteiger partial charge on any atom is -1.00 e. The van der Waals surface area contributed by atoms with Gasteiger partial charge in [-0.1, -0.05) is 18.2 Å². The zero-order valence-corrected chi connectivity index (χ0v) is 16.5. The van der Waals surface area contributed by atoms with Crippen LogP contribution in [-0.4, -0.2) is 28.6 Å². The van der Waals surface area contributed by atoms with Crippen molar-refractivity contribution in [1.82, 2.24) is 0 Å². The molecular weight excluding hydrogens is 384 g/mol. The molecule has 0 saturated heterocycles. The molecule has 2 aliphatic heterocycles. The number of hydrogen-bond donors (Lipinski definition) is 1. The van der Waals surface area contributed by atoms with Crippen LogP contribution in [0.4, 0.5) is 5.69 Å². The number of nitrogens with zero attached hydrogens (tertiary/aromatic N) is 2. The number of halogens is 1. The molecule has 128 valence electrons. The van der Waals surface area contributed by atoms with Crippen molar-refractivity contribution < 1.29 is 26.7 Å². The number of β-amino-alcohol motifs (C(OH)–C–C–N with tert-alkyl or cyclic N) is 1.